The zero-order chi connectivity index (χ0) is 21.0. The summed E-state index contributed by atoms with van der Waals surface area (Å²) in [7, 11) is -2.16. The minimum atomic E-state index is -3.68. The maximum absolute atomic E-state index is 13.2. The van der Waals surface area contributed by atoms with Crippen molar-refractivity contribution in [3.8, 4) is 5.75 Å². The van der Waals surface area contributed by atoms with Crippen molar-refractivity contribution < 1.29 is 17.9 Å². The highest BCUT2D eigenvalue weighted by molar-refractivity contribution is 7.92. The lowest BCUT2D eigenvalue weighted by atomic mass is 9.87. The summed E-state index contributed by atoms with van der Waals surface area (Å²) in [5.74, 6) is 0.245. The summed E-state index contributed by atoms with van der Waals surface area (Å²) in [5.41, 5.74) is 2.77. The van der Waals surface area contributed by atoms with E-state index in [1.165, 1.54) is 17.0 Å². The first-order valence-electron chi connectivity index (χ1n) is 9.86. The van der Waals surface area contributed by atoms with Gasteiger partial charge in [0.15, 0.2) is 0 Å². The van der Waals surface area contributed by atoms with Crippen molar-refractivity contribution in [1.82, 2.24) is 5.32 Å². The third kappa shape index (κ3) is 4.72. The number of hydrogen-bond donors (Lipinski definition) is 1. The number of nitrogens with zero attached hydrogens (tertiary/aromatic N) is 1. The van der Waals surface area contributed by atoms with E-state index in [0.29, 0.717) is 17.9 Å². The molecule has 0 spiro atoms. The normalized spacial score (nSPS) is 17.1. The number of hydrogen-bond acceptors (Lipinski definition) is 4. The summed E-state index contributed by atoms with van der Waals surface area (Å²) < 4.78 is 31.7. The Hall–Kier alpha value is -2.54. The lowest BCUT2D eigenvalue weighted by Crippen LogP contribution is -2.50. The number of fused-ring (bicyclic) bond motifs is 1. The molecule has 1 amide bonds. The number of nitrogens with one attached hydrogen (secondary N) is 1. The van der Waals surface area contributed by atoms with Crippen LogP contribution in [-0.4, -0.2) is 33.7 Å². The van der Waals surface area contributed by atoms with E-state index in [9.17, 15) is 13.2 Å². The highest BCUT2D eigenvalue weighted by Gasteiger charge is 2.33. The van der Waals surface area contributed by atoms with Crippen molar-refractivity contribution in [2.45, 2.75) is 44.7 Å². The second-order valence-electron chi connectivity index (χ2n) is 7.34. The topological polar surface area (TPSA) is 75.7 Å². The average molecular weight is 417 g/mol. The van der Waals surface area contributed by atoms with Crippen molar-refractivity contribution in [2.24, 2.45) is 0 Å². The van der Waals surface area contributed by atoms with Crippen LogP contribution in [0.3, 0.4) is 0 Å². The third-order valence-corrected chi connectivity index (χ3v) is 6.50. The zero-order valence-corrected chi connectivity index (χ0v) is 17.9. The number of rotatable bonds is 7. The van der Waals surface area contributed by atoms with Crippen LogP contribution in [0.2, 0.25) is 0 Å². The van der Waals surface area contributed by atoms with Crippen molar-refractivity contribution in [3.63, 3.8) is 0 Å². The number of aryl methyl sites for hydroxylation is 1. The third-order valence-electron chi connectivity index (χ3n) is 5.32. The Morgan fingerprint density at radius 2 is 2.00 bits per heavy atom. The first kappa shape index (κ1) is 21.2. The van der Waals surface area contributed by atoms with Crippen LogP contribution in [0, 0.1) is 0 Å². The maximum Gasteiger partial charge on any atom is 0.244 e. The molecule has 0 heterocycles. The van der Waals surface area contributed by atoms with Crippen LogP contribution >= 0.6 is 0 Å². The van der Waals surface area contributed by atoms with Gasteiger partial charge < -0.3 is 10.1 Å². The fourth-order valence-electron chi connectivity index (χ4n) is 3.98. The van der Waals surface area contributed by atoms with Gasteiger partial charge in [0.2, 0.25) is 15.9 Å². The van der Waals surface area contributed by atoms with Gasteiger partial charge in [-0.2, -0.15) is 0 Å². The second-order valence-corrected chi connectivity index (χ2v) is 9.20. The average Bonchev–Trinajstić information content (AvgIpc) is 2.71. The van der Waals surface area contributed by atoms with E-state index in [-0.39, 0.29) is 11.9 Å². The van der Waals surface area contributed by atoms with Gasteiger partial charge in [0.25, 0.3) is 0 Å². The molecule has 6 nitrogen and oxygen atoms in total. The molecule has 29 heavy (non-hydrogen) atoms. The maximum atomic E-state index is 13.2. The molecule has 0 saturated carbocycles. The second kappa shape index (κ2) is 8.86. The summed E-state index contributed by atoms with van der Waals surface area (Å²) in [6.45, 7) is 1.82. The van der Waals surface area contributed by atoms with E-state index < -0.39 is 16.1 Å². The van der Waals surface area contributed by atoms with Gasteiger partial charge in [0.05, 0.1) is 25.1 Å². The lowest BCUT2D eigenvalue weighted by Gasteiger charge is -2.33. The molecule has 1 aliphatic rings. The van der Waals surface area contributed by atoms with Crippen LogP contribution in [0.5, 0.6) is 5.75 Å². The Morgan fingerprint density at radius 3 is 2.69 bits per heavy atom. The Balaban J connectivity index is 1.90. The molecule has 0 bridgehead atoms. The van der Waals surface area contributed by atoms with Crippen LogP contribution in [-0.2, 0) is 21.2 Å². The Labute approximate surface area is 172 Å². The van der Waals surface area contributed by atoms with Gasteiger partial charge in [0.1, 0.15) is 11.8 Å². The Kier molecular flexibility index (Phi) is 6.47. The number of amides is 1. The predicted molar refractivity (Wildman–Crippen MR) is 115 cm³/mol. The van der Waals surface area contributed by atoms with Gasteiger partial charge in [-0.25, -0.2) is 8.42 Å². The summed E-state index contributed by atoms with van der Waals surface area (Å²) in [5, 5.41) is 3.10. The molecule has 1 N–H and O–H groups in total. The van der Waals surface area contributed by atoms with Crippen LogP contribution in [0.1, 0.15) is 43.4 Å². The monoisotopic (exact) mass is 416 g/mol. The molecule has 0 saturated heterocycles. The molecule has 0 aliphatic heterocycles. The van der Waals surface area contributed by atoms with Gasteiger partial charge in [0, 0.05) is 6.07 Å². The minimum absolute atomic E-state index is 0.104. The summed E-state index contributed by atoms with van der Waals surface area (Å²) in [4.78, 5) is 13.2. The van der Waals surface area contributed by atoms with Crippen LogP contribution in [0.15, 0.2) is 48.5 Å². The quantitative estimate of drug-likeness (QED) is 0.750. The summed E-state index contributed by atoms with van der Waals surface area (Å²) >= 11 is 0. The Bertz CT molecular complexity index is 974. The molecular formula is C22H28N2O4S. The van der Waals surface area contributed by atoms with Gasteiger partial charge in [-0.3, -0.25) is 9.10 Å². The van der Waals surface area contributed by atoms with E-state index >= 15 is 0 Å². The number of methoxy groups -OCH3 is 1. The number of ether oxygens (including phenoxy) is 1. The van der Waals surface area contributed by atoms with Gasteiger partial charge in [-0.05, 0) is 48.9 Å². The standard InChI is InChI=1S/C22H28N2O4S/c1-4-21(24(29(3,26)27)17-11-8-12-18(15-17)28-2)22(25)23-20-14-7-10-16-9-5-6-13-19(16)20/h5-6,8-9,11-13,15,20-21H,4,7,10,14H2,1-3H3,(H,23,25)/t20-,21-/m0/s1. The van der Waals surface area contributed by atoms with E-state index in [2.05, 4.69) is 11.4 Å². The number of anilines is 1. The molecule has 0 fully saturated rings. The first-order valence-corrected chi connectivity index (χ1v) is 11.7. The molecule has 156 valence electrons. The van der Waals surface area contributed by atoms with Gasteiger partial charge >= 0.3 is 0 Å². The molecular weight excluding hydrogens is 388 g/mol. The van der Waals surface area contributed by atoms with Gasteiger partial charge in [-0.15, -0.1) is 0 Å². The lowest BCUT2D eigenvalue weighted by molar-refractivity contribution is -0.123. The highest BCUT2D eigenvalue weighted by atomic mass is 32.2. The van der Waals surface area contributed by atoms with Crippen LogP contribution in [0.4, 0.5) is 5.69 Å². The fraction of sp³-hybridized carbons (Fsp3) is 0.409. The molecule has 0 unspecified atom stereocenters. The first-order chi connectivity index (χ1) is 13.8. The van der Waals surface area contributed by atoms with E-state index in [4.69, 9.17) is 4.74 Å². The fourth-order valence-corrected chi connectivity index (χ4v) is 5.18. The molecule has 2 atom stereocenters. The van der Waals surface area contributed by atoms with Crippen LogP contribution < -0.4 is 14.4 Å². The zero-order valence-electron chi connectivity index (χ0n) is 17.1. The van der Waals surface area contributed by atoms with Crippen molar-refractivity contribution >= 4 is 21.6 Å². The predicted octanol–water partition coefficient (Wildman–Crippen LogP) is 3.43. The molecule has 0 radical (unpaired) electrons. The molecule has 3 rings (SSSR count). The number of sulfonamides is 1. The number of benzene rings is 2. The molecule has 0 aromatic heterocycles. The van der Waals surface area contributed by atoms with E-state index in [1.807, 2.05) is 25.1 Å². The summed E-state index contributed by atoms with van der Waals surface area (Å²) in [6, 6.07) is 13.9. The van der Waals surface area contributed by atoms with Crippen molar-refractivity contribution in [1.29, 1.82) is 0 Å². The van der Waals surface area contributed by atoms with Crippen molar-refractivity contribution in [2.75, 3.05) is 17.7 Å². The summed E-state index contributed by atoms with van der Waals surface area (Å²) in [6.07, 6.45) is 4.31. The van der Waals surface area contributed by atoms with Crippen molar-refractivity contribution in [3.05, 3.63) is 59.7 Å². The molecule has 2 aromatic rings. The number of carbonyl (C=O) groups excluding carboxylic acids is 1. The molecule has 7 heteroatoms. The van der Waals surface area contributed by atoms with E-state index in [1.54, 1.807) is 24.3 Å². The SMILES string of the molecule is CC[C@@H](C(=O)N[C@H]1CCCc2ccccc21)N(c1cccc(OC)c1)S(C)(=O)=O. The van der Waals surface area contributed by atoms with E-state index in [0.717, 1.165) is 31.1 Å². The largest absolute Gasteiger partial charge is 0.497 e. The van der Waals surface area contributed by atoms with Gasteiger partial charge in [-0.1, -0.05) is 37.3 Å². The Morgan fingerprint density at radius 1 is 1.24 bits per heavy atom. The molecule has 2 aromatic carbocycles. The minimum Gasteiger partial charge on any atom is -0.497 e. The number of carbonyl (C=O) groups is 1. The molecule has 1 aliphatic carbocycles. The smallest absolute Gasteiger partial charge is 0.244 e. The van der Waals surface area contributed by atoms with Crippen LogP contribution in [0.25, 0.3) is 0 Å². The highest BCUT2D eigenvalue weighted by Crippen LogP contribution is 2.31.